The van der Waals surface area contributed by atoms with Crippen LogP contribution in [0.15, 0.2) is 29.5 Å². The lowest BCUT2D eigenvalue weighted by atomic mass is 10.0. The van der Waals surface area contributed by atoms with Crippen LogP contribution in [-0.2, 0) is 0 Å². The number of benzene rings is 1. The quantitative estimate of drug-likeness (QED) is 0.649. The fourth-order valence-electron chi connectivity index (χ4n) is 2.97. The van der Waals surface area contributed by atoms with Gasteiger partial charge in [-0.05, 0) is 23.1 Å². The summed E-state index contributed by atoms with van der Waals surface area (Å²) in [7, 11) is -2.23. The van der Waals surface area contributed by atoms with Crippen LogP contribution in [0.3, 0.4) is 0 Å². The van der Waals surface area contributed by atoms with Crippen LogP contribution in [0.4, 0.5) is 0 Å². The molecule has 0 amide bonds. The van der Waals surface area contributed by atoms with E-state index in [0.717, 1.165) is 5.92 Å². The third kappa shape index (κ3) is 2.86. The SMILES string of the molecule is C[Si](C)(C)CC1C([Si](C)(C)C)=Cc2ccccc21. The lowest BCUT2D eigenvalue weighted by Gasteiger charge is -2.30. The topological polar surface area (TPSA) is 0 Å². The molecule has 0 spiro atoms. The molecule has 2 rings (SSSR count). The third-order valence-electron chi connectivity index (χ3n) is 3.74. The summed E-state index contributed by atoms with van der Waals surface area (Å²) in [5, 5.41) is 1.77. The van der Waals surface area contributed by atoms with Crippen molar-refractivity contribution in [3.8, 4) is 0 Å². The molecule has 0 aromatic heterocycles. The Morgan fingerprint density at radius 1 is 0.944 bits per heavy atom. The second-order valence-electron chi connectivity index (χ2n) is 7.80. The van der Waals surface area contributed by atoms with E-state index in [-0.39, 0.29) is 0 Å². The van der Waals surface area contributed by atoms with E-state index < -0.39 is 16.1 Å². The average molecular weight is 275 g/mol. The first-order valence-electron chi connectivity index (χ1n) is 6.99. The predicted molar refractivity (Wildman–Crippen MR) is 88.7 cm³/mol. The minimum Gasteiger partial charge on any atom is -0.0734 e. The molecule has 1 aliphatic carbocycles. The molecule has 0 nitrogen and oxygen atoms in total. The van der Waals surface area contributed by atoms with Gasteiger partial charge in [0.15, 0.2) is 0 Å². The highest BCUT2D eigenvalue weighted by Crippen LogP contribution is 2.44. The first-order chi connectivity index (χ1) is 8.18. The molecule has 0 aliphatic heterocycles. The van der Waals surface area contributed by atoms with Crippen LogP contribution >= 0.6 is 0 Å². The summed E-state index contributed by atoms with van der Waals surface area (Å²) in [6.45, 7) is 15.0. The van der Waals surface area contributed by atoms with Gasteiger partial charge < -0.3 is 0 Å². The van der Waals surface area contributed by atoms with Crippen LogP contribution in [-0.4, -0.2) is 16.1 Å². The molecular weight excluding hydrogens is 248 g/mol. The summed E-state index contributed by atoms with van der Waals surface area (Å²) in [5.41, 5.74) is 3.08. The fourth-order valence-corrected chi connectivity index (χ4v) is 6.73. The molecule has 2 heteroatoms. The minimum atomic E-state index is -1.20. The number of fused-ring (bicyclic) bond motifs is 1. The van der Waals surface area contributed by atoms with E-state index in [0.29, 0.717) is 0 Å². The number of rotatable bonds is 3. The zero-order valence-corrected chi connectivity index (χ0v) is 14.7. The molecule has 1 aliphatic rings. The van der Waals surface area contributed by atoms with Crippen LogP contribution in [0.5, 0.6) is 0 Å². The zero-order valence-electron chi connectivity index (χ0n) is 12.7. The zero-order chi connectivity index (χ0) is 13.6. The van der Waals surface area contributed by atoms with Crippen LogP contribution in [0.25, 0.3) is 6.08 Å². The van der Waals surface area contributed by atoms with Crippen LogP contribution in [0, 0.1) is 0 Å². The van der Waals surface area contributed by atoms with E-state index in [4.69, 9.17) is 0 Å². The Morgan fingerprint density at radius 2 is 1.56 bits per heavy atom. The van der Waals surface area contributed by atoms with E-state index in [1.807, 2.05) is 0 Å². The minimum absolute atomic E-state index is 0.722. The van der Waals surface area contributed by atoms with Crippen molar-refractivity contribution in [3.63, 3.8) is 0 Å². The van der Waals surface area contributed by atoms with E-state index >= 15 is 0 Å². The Kier molecular flexibility index (Phi) is 3.45. The van der Waals surface area contributed by atoms with E-state index in [2.05, 4.69) is 69.6 Å². The molecule has 1 aromatic rings. The Morgan fingerprint density at radius 3 is 2.11 bits per heavy atom. The molecule has 0 saturated carbocycles. The van der Waals surface area contributed by atoms with Crippen LogP contribution < -0.4 is 0 Å². The lowest BCUT2D eigenvalue weighted by Crippen LogP contribution is -2.31. The van der Waals surface area contributed by atoms with Crippen LogP contribution in [0.1, 0.15) is 17.0 Å². The number of hydrogen-bond donors (Lipinski definition) is 0. The summed E-state index contributed by atoms with van der Waals surface area (Å²) < 4.78 is 0. The van der Waals surface area contributed by atoms with Gasteiger partial charge in [0.1, 0.15) is 0 Å². The standard InChI is InChI=1S/C16H26Si2/c1-17(2,3)12-15-14-10-8-7-9-13(14)11-16(15)18(4,5)6/h7-11,15H,12H2,1-6H3. The van der Waals surface area contributed by atoms with Crippen molar-refractivity contribution in [3.05, 3.63) is 40.6 Å². The van der Waals surface area contributed by atoms with Crippen molar-refractivity contribution in [2.45, 2.75) is 51.2 Å². The molecule has 1 aromatic carbocycles. The Labute approximate surface area is 114 Å². The maximum atomic E-state index is 2.51. The van der Waals surface area contributed by atoms with Gasteiger partial charge in [-0.2, -0.15) is 0 Å². The van der Waals surface area contributed by atoms with Gasteiger partial charge in [-0.15, -0.1) is 0 Å². The number of allylic oxidation sites excluding steroid dienone is 1. The van der Waals surface area contributed by atoms with Crippen LogP contribution in [0.2, 0.25) is 45.3 Å². The maximum Gasteiger partial charge on any atom is 0.0732 e. The monoisotopic (exact) mass is 274 g/mol. The average Bonchev–Trinajstić information content (AvgIpc) is 2.55. The van der Waals surface area contributed by atoms with E-state index in [1.54, 1.807) is 10.8 Å². The Hall–Kier alpha value is -0.606. The van der Waals surface area contributed by atoms with Gasteiger partial charge in [-0.25, -0.2) is 0 Å². The Bertz CT molecular complexity index is 473. The smallest absolute Gasteiger partial charge is 0.0732 e. The van der Waals surface area contributed by atoms with Crippen molar-refractivity contribution in [1.29, 1.82) is 0 Å². The first kappa shape index (κ1) is 13.8. The summed E-state index contributed by atoms with van der Waals surface area (Å²) >= 11 is 0. The van der Waals surface area contributed by atoms with Gasteiger partial charge >= 0.3 is 0 Å². The van der Waals surface area contributed by atoms with Crippen molar-refractivity contribution in [1.82, 2.24) is 0 Å². The molecule has 1 atom stereocenters. The molecule has 0 N–H and O–H groups in total. The van der Waals surface area contributed by atoms with Crippen molar-refractivity contribution >= 4 is 22.2 Å². The van der Waals surface area contributed by atoms with Gasteiger partial charge in [0.05, 0.1) is 8.07 Å². The summed E-state index contributed by atoms with van der Waals surface area (Å²) in [5.74, 6) is 0.722. The van der Waals surface area contributed by atoms with Gasteiger partial charge in [-0.1, -0.05) is 74.8 Å². The molecule has 18 heavy (non-hydrogen) atoms. The normalized spacial score (nSPS) is 19.7. The second-order valence-corrected chi connectivity index (χ2v) is 18.4. The molecule has 98 valence electrons. The predicted octanol–water partition coefficient (Wildman–Crippen LogP) is 5.38. The molecule has 0 bridgehead atoms. The Balaban J connectivity index is 2.43. The lowest BCUT2D eigenvalue weighted by molar-refractivity contribution is 0.931. The molecule has 1 unspecified atom stereocenters. The van der Waals surface area contributed by atoms with Gasteiger partial charge in [0.2, 0.25) is 0 Å². The van der Waals surface area contributed by atoms with Gasteiger partial charge in [-0.3, -0.25) is 0 Å². The molecule has 0 heterocycles. The van der Waals surface area contributed by atoms with E-state index in [9.17, 15) is 0 Å². The highest BCUT2D eigenvalue weighted by Gasteiger charge is 2.35. The molecule has 0 saturated heterocycles. The molecular formula is C16H26Si2. The summed E-state index contributed by atoms with van der Waals surface area (Å²) in [6, 6.07) is 10.4. The van der Waals surface area contributed by atoms with Crippen molar-refractivity contribution < 1.29 is 0 Å². The number of hydrogen-bond acceptors (Lipinski definition) is 0. The summed E-state index contributed by atoms with van der Waals surface area (Å²) in [6.07, 6.45) is 2.51. The third-order valence-corrected chi connectivity index (χ3v) is 7.60. The van der Waals surface area contributed by atoms with Gasteiger partial charge in [0.25, 0.3) is 0 Å². The fraction of sp³-hybridized carbons (Fsp3) is 0.500. The van der Waals surface area contributed by atoms with Gasteiger partial charge in [0, 0.05) is 8.07 Å². The van der Waals surface area contributed by atoms with Crippen molar-refractivity contribution in [2.24, 2.45) is 0 Å². The maximum absolute atomic E-state index is 2.51. The first-order valence-corrected chi connectivity index (χ1v) is 14.2. The van der Waals surface area contributed by atoms with Crippen molar-refractivity contribution in [2.75, 3.05) is 0 Å². The van der Waals surface area contributed by atoms with E-state index in [1.165, 1.54) is 11.6 Å². The largest absolute Gasteiger partial charge is 0.0734 e. The molecule has 0 fully saturated rings. The summed E-state index contributed by atoms with van der Waals surface area (Å²) in [4.78, 5) is 0. The molecule has 0 radical (unpaired) electrons. The second kappa shape index (κ2) is 4.50. The highest BCUT2D eigenvalue weighted by molar-refractivity contribution is 6.84. The highest BCUT2D eigenvalue weighted by atomic mass is 28.3.